The van der Waals surface area contributed by atoms with Crippen molar-refractivity contribution in [1.82, 2.24) is 9.55 Å². The molecule has 1 saturated heterocycles. The van der Waals surface area contributed by atoms with E-state index in [-0.39, 0.29) is 6.10 Å². The summed E-state index contributed by atoms with van der Waals surface area (Å²) in [7, 11) is 1.74. The third-order valence-electron chi connectivity index (χ3n) is 7.97. The first-order chi connectivity index (χ1) is 13.5. The highest BCUT2D eigenvalue weighted by atomic mass is 16.5. The monoisotopic (exact) mass is 378 g/mol. The molecule has 2 aromatic rings. The molecule has 1 aromatic heterocycles. The maximum atomic E-state index is 6.41. The van der Waals surface area contributed by atoms with Crippen molar-refractivity contribution in [1.29, 1.82) is 0 Å². The smallest absolute Gasteiger partial charge is 0.123 e. The Morgan fingerprint density at radius 1 is 1.39 bits per heavy atom. The third-order valence-corrected chi connectivity index (χ3v) is 7.97. The van der Waals surface area contributed by atoms with Gasteiger partial charge in [-0.1, -0.05) is 25.1 Å². The predicted octanol–water partition coefficient (Wildman–Crippen LogP) is 4.93. The van der Waals surface area contributed by atoms with Gasteiger partial charge < -0.3 is 14.0 Å². The van der Waals surface area contributed by atoms with Crippen molar-refractivity contribution >= 4 is 0 Å². The fraction of sp³-hybridized carbons (Fsp3) is 0.542. The van der Waals surface area contributed by atoms with E-state index in [0.717, 1.165) is 24.7 Å². The number of nitrogens with zero attached hydrogens (tertiary/aromatic N) is 2. The lowest BCUT2D eigenvalue weighted by atomic mass is 9.62. The van der Waals surface area contributed by atoms with Gasteiger partial charge in [-0.3, -0.25) is 0 Å². The van der Waals surface area contributed by atoms with Crippen molar-refractivity contribution in [3.63, 3.8) is 0 Å². The van der Waals surface area contributed by atoms with E-state index < -0.39 is 0 Å². The topological polar surface area (TPSA) is 36.3 Å². The Morgan fingerprint density at radius 2 is 2.25 bits per heavy atom. The number of aromatic nitrogens is 2. The summed E-state index contributed by atoms with van der Waals surface area (Å²) in [5.41, 5.74) is 4.36. The number of methoxy groups -OCH3 is 1. The fourth-order valence-corrected chi connectivity index (χ4v) is 6.34. The SMILES string of the molecule is C=C1[C@@H]2C[C@@H]3[C@@H](c4ccc(OC)c(Cn5ccnc5C)c4)OCC[C@@]3(C2)[C@@H]1C. The van der Waals surface area contributed by atoms with Crippen LogP contribution >= 0.6 is 0 Å². The summed E-state index contributed by atoms with van der Waals surface area (Å²) in [6.07, 6.45) is 7.79. The van der Waals surface area contributed by atoms with Gasteiger partial charge in [0.15, 0.2) is 0 Å². The Hall–Kier alpha value is -2.07. The number of fused-ring (bicyclic) bond motifs is 1. The molecule has 1 spiro atoms. The highest BCUT2D eigenvalue weighted by Crippen LogP contribution is 2.68. The number of hydrogen-bond donors (Lipinski definition) is 0. The van der Waals surface area contributed by atoms with Gasteiger partial charge >= 0.3 is 0 Å². The minimum atomic E-state index is 0.183. The fourth-order valence-electron chi connectivity index (χ4n) is 6.34. The van der Waals surface area contributed by atoms with Gasteiger partial charge in [-0.05, 0) is 67.1 Å². The van der Waals surface area contributed by atoms with Crippen LogP contribution in [0, 0.1) is 30.1 Å². The zero-order chi connectivity index (χ0) is 19.5. The summed E-state index contributed by atoms with van der Waals surface area (Å²) in [5.74, 6) is 3.85. The largest absolute Gasteiger partial charge is 0.496 e. The van der Waals surface area contributed by atoms with Crippen LogP contribution < -0.4 is 4.74 Å². The summed E-state index contributed by atoms with van der Waals surface area (Å²) in [5, 5.41) is 0. The number of benzene rings is 1. The van der Waals surface area contributed by atoms with Gasteiger partial charge in [-0.25, -0.2) is 4.98 Å². The molecule has 4 heteroatoms. The molecular weight excluding hydrogens is 348 g/mol. The van der Waals surface area contributed by atoms with Crippen molar-refractivity contribution in [2.24, 2.45) is 23.2 Å². The second kappa shape index (κ2) is 6.48. The van der Waals surface area contributed by atoms with Crippen LogP contribution in [0.1, 0.15) is 49.2 Å². The molecule has 2 aliphatic carbocycles. The Bertz CT molecular complexity index is 917. The van der Waals surface area contributed by atoms with Crippen LogP contribution in [0.5, 0.6) is 5.75 Å². The lowest BCUT2D eigenvalue weighted by Gasteiger charge is -2.48. The van der Waals surface area contributed by atoms with Gasteiger partial charge in [0.25, 0.3) is 0 Å². The number of aryl methyl sites for hydroxylation is 1. The summed E-state index contributed by atoms with van der Waals surface area (Å²) in [6.45, 7) is 10.5. The molecule has 1 aliphatic heterocycles. The molecule has 5 atom stereocenters. The number of rotatable bonds is 4. The maximum Gasteiger partial charge on any atom is 0.123 e. The van der Waals surface area contributed by atoms with Gasteiger partial charge in [-0.15, -0.1) is 0 Å². The van der Waals surface area contributed by atoms with Gasteiger partial charge in [0.2, 0.25) is 0 Å². The summed E-state index contributed by atoms with van der Waals surface area (Å²) >= 11 is 0. The van der Waals surface area contributed by atoms with Crippen LogP contribution in [-0.2, 0) is 11.3 Å². The van der Waals surface area contributed by atoms with Crippen molar-refractivity contribution < 1.29 is 9.47 Å². The maximum absolute atomic E-state index is 6.41. The molecule has 0 amide bonds. The molecule has 2 heterocycles. The standard InChI is InChI=1S/C24H30N2O2/c1-15-16(2)24-7-10-28-23(21(24)12-19(15)13-24)18-5-6-22(27-4)20(11-18)14-26-9-8-25-17(26)3/h5-6,8-9,11,16,19,21,23H,1,7,10,12-14H2,2-4H3/t16-,19-,21-,23-,24-/m1/s1. The molecule has 4 nitrogen and oxygen atoms in total. The Morgan fingerprint density at radius 3 is 2.96 bits per heavy atom. The number of ether oxygens (including phenoxy) is 2. The van der Waals surface area contributed by atoms with Crippen LogP contribution in [0.25, 0.3) is 0 Å². The summed E-state index contributed by atoms with van der Waals surface area (Å²) < 4.78 is 14.2. The van der Waals surface area contributed by atoms with E-state index in [9.17, 15) is 0 Å². The molecule has 0 unspecified atom stereocenters. The predicted molar refractivity (Wildman–Crippen MR) is 109 cm³/mol. The van der Waals surface area contributed by atoms with Crippen molar-refractivity contribution in [2.45, 2.75) is 45.8 Å². The molecule has 5 rings (SSSR count). The van der Waals surface area contributed by atoms with E-state index in [1.807, 2.05) is 19.3 Å². The molecular formula is C24H30N2O2. The minimum Gasteiger partial charge on any atom is -0.496 e. The third kappa shape index (κ3) is 2.50. The molecule has 2 saturated carbocycles. The van der Waals surface area contributed by atoms with E-state index in [0.29, 0.717) is 23.2 Å². The zero-order valence-corrected chi connectivity index (χ0v) is 17.1. The van der Waals surface area contributed by atoms with Crippen LogP contribution in [0.15, 0.2) is 42.7 Å². The van der Waals surface area contributed by atoms with Gasteiger partial charge in [0.1, 0.15) is 11.6 Å². The molecule has 148 valence electrons. The van der Waals surface area contributed by atoms with Crippen LogP contribution in [0.4, 0.5) is 0 Å². The Balaban J connectivity index is 1.49. The first-order valence-corrected chi connectivity index (χ1v) is 10.5. The molecule has 0 N–H and O–H groups in total. The molecule has 0 radical (unpaired) electrons. The molecule has 28 heavy (non-hydrogen) atoms. The van der Waals surface area contributed by atoms with Crippen molar-refractivity contribution in [3.8, 4) is 5.75 Å². The van der Waals surface area contributed by atoms with E-state index in [4.69, 9.17) is 9.47 Å². The van der Waals surface area contributed by atoms with Crippen LogP contribution in [0.2, 0.25) is 0 Å². The van der Waals surface area contributed by atoms with Crippen molar-refractivity contribution in [3.05, 3.63) is 59.7 Å². The Labute approximate surface area is 167 Å². The highest BCUT2D eigenvalue weighted by molar-refractivity contribution is 5.40. The van der Waals surface area contributed by atoms with Crippen LogP contribution in [0.3, 0.4) is 0 Å². The van der Waals surface area contributed by atoms with Gasteiger partial charge in [0, 0.05) is 24.6 Å². The first kappa shape index (κ1) is 18.0. The summed E-state index contributed by atoms with van der Waals surface area (Å²) in [6, 6.07) is 6.61. The van der Waals surface area contributed by atoms with E-state index in [1.165, 1.54) is 36.0 Å². The molecule has 1 aromatic carbocycles. The second-order valence-corrected chi connectivity index (χ2v) is 8.99. The van der Waals surface area contributed by atoms with Crippen LogP contribution in [-0.4, -0.2) is 23.3 Å². The summed E-state index contributed by atoms with van der Waals surface area (Å²) in [4.78, 5) is 4.35. The first-order valence-electron chi connectivity index (χ1n) is 10.5. The van der Waals surface area contributed by atoms with Gasteiger partial charge in [0.05, 0.1) is 19.8 Å². The Kier molecular flexibility index (Phi) is 4.16. The zero-order valence-electron chi connectivity index (χ0n) is 17.1. The quantitative estimate of drug-likeness (QED) is 0.708. The minimum absolute atomic E-state index is 0.183. The van der Waals surface area contributed by atoms with Gasteiger partial charge in [-0.2, -0.15) is 0 Å². The molecule has 3 aliphatic rings. The highest BCUT2D eigenvalue weighted by Gasteiger charge is 2.61. The van der Waals surface area contributed by atoms with Crippen molar-refractivity contribution in [2.75, 3.05) is 13.7 Å². The number of allylic oxidation sites excluding steroid dienone is 1. The number of imidazole rings is 1. The average molecular weight is 379 g/mol. The van der Waals surface area contributed by atoms with E-state index in [1.54, 1.807) is 7.11 Å². The second-order valence-electron chi connectivity index (χ2n) is 8.99. The molecule has 2 bridgehead atoms. The van der Waals surface area contributed by atoms with E-state index in [2.05, 4.69) is 41.3 Å². The molecule has 3 fully saturated rings. The lowest BCUT2D eigenvalue weighted by Crippen LogP contribution is -2.42. The normalized spacial score (nSPS) is 33.9. The average Bonchev–Trinajstić information content (AvgIpc) is 3.36. The van der Waals surface area contributed by atoms with E-state index >= 15 is 0 Å². The lowest BCUT2D eigenvalue weighted by molar-refractivity contribution is -0.106. The number of hydrogen-bond acceptors (Lipinski definition) is 3.